The highest BCUT2D eigenvalue weighted by Gasteiger charge is 2.37. The molecule has 0 aliphatic heterocycles. The van der Waals surface area contributed by atoms with Gasteiger partial charge in [-0.15, -0.1) is 0 Å². The Morgan fingerprint density at radius 2 is 2.12 bits per heavy atom. The van der Waals surface area contributed by atoms with Gasteiger partial charge in [0.25, 0.3) is 11.5 Å². The highest BCUT2D eigenvalue weighted by molar-refractivity contribution is 5.75. The summed E-state index contributed by atoms with van der Waals surface area (Å²) in [5.41, 5.74) is -0.810. The number of fused-ring (bicyclic) bond motifs is 1. The number of benzene rings is 1. The van der Waals surface area contributed by atoms with Crippen LogP contribution in [0.3, 0.4) is 0 Å². The predicted octanol–water partition coefficient (Wildman–Crippen LogP) is 4.24. The van der Waals surface area contributed by atoms with Crippen molar-refractivity contribution in [3.8, 4) is 5.75 Å². The van der Waals surface area contributed by atoms with Gasteiger partial charge in [0.1, 0.15) is 5.75 Å². The van der Waals surface area contributed by atoms with Gasteiger partial charge >= 0.3 is 0 Å². The maximum atomic E-state index is 14.4. The molecule has 4 nitrogen and oxygen atoms in total. The molecule has 0 amide bonds. The number of methoxy groups -OCH3 is 1. The normalized spacial score (nSPS) is 20.3. The van der Waals surface area contributed by atoms with Gasteiger partial charge in [0.05, 0.1) is 18.1 Å². The van der Waals surface area contributed by atoms with Crippen LogP contribution in [-0.4, -0.2) is 17.1 Å². The highest BCUT2D eigenvalue weighted by atomic mass is 19.3. The molecule has 1 heterocycles. The Balaban J connectivity index is 1.73. The average molecular weight is 336 g/mol. The van der Waals surface area contributed by atoms with Crippen molar-refractivity contribution in [1.29, 1.82) is 0 Å². The molecule has 1 saturated carbocycles. The van der Waals surface area contributed by atoms with Gasteiger partial charge < -0.3 is 9.72 Å². The van der Waals surface area contributed by atoms with Crippen LogP contribution in [0.1, 0.15) is 44.7 Å². The van der Waals surface area contributed by atoms with Crippen molar-refractivity contribution in [2.45, 2.75) is 45.0 Å². The van der Waals surface area contributed by atoms with Gasteiger partial charge in [-0.3, -0.25) is 4.79 Å². The number of aromatic amines is 1. The molecule has 1 aromatic heterocycles. The molecule has 1 N–H and O–H groups in total. The molecule has 1 aromatic carbocycles. The van der Waals surface area contributed by atoms with Crippen LogP contribution in [-0.2, 0) is 5.92 Å². The van der Waals surface area contributed by atoms with Gasteiger partial charge in [-0.25, -0.2) is 4.98 Å². The Morgan fingerprint density at radius 3 is 2.79 bits per heavy atom. The number of alkyl halides is 2. The molecule has 6 heteroatoms. The molecular weight excluding hydrogens is 314 g/mol. The van der Waals surface area contributed by atoms with E-state index in [2.05, 4.69) is 16.9 Å². The quantitative estimate of drug-likeness (QED) is 0.770. The molecule has 24 heavy (non-hydrogen) atoms. The molecule has 2 unspecified atom stereocenters. The molecule has 1 fully saturated rings. The number of ether oxygens (including phenoxy) is 1. The first-order valence-electron chi connectivity index (χ1n) is 8.37. The Kier molecular flexibility index (Phi) is 4.56. The molecule has 0 radical (unpaired) electrons. The Labute approximate surface area is 139 Å². The molecular formula is C18H22F2N2O2. The lowest BCUT2D eigenvalue weighted by Crippen LogP contribution is -2.27. The lowest BCUT2D eigenvalue weighted by Gasteiger charge is -2.15. The second-order valence-electron chi connectivity index (χ2n) is 6.72. The molecule has 2 aromatic rings. The topological polar surface area (TPSA) is 55.0 Å². The van der Waals surface area contributed by atoms with E-state index in [4.69, 9.17) is 4.74 Å². The van der Waals surface area contributed by atoms with Gasteiger partial charge in [-0.2, -0.15) is 8.78 Å². The molecule has 0 saturated heterocycles. The number of hydrogen-bond acceptors (Lipinski definition) is 3. The van der Waals surface area contributed by atoms with E-state index < -0.39 is 17.2 Å². The number of H-pyrrole nitrogens is 1. The number of rotatable bonds is 7. The van der Waals surface area contributed by atoms with Crippen molar-refractivity contribution >= 4 is 11.0 Å². The van der Waals surface area contributed by atoms with Gasteiger partial charge in [-0.1, -0.05) is 19.8 Å². The van der Waals surface area contributed by atoms with E-state index >= 15 is 0 Å². The van der Waals surface area contributed by atoms with Crippen LogP contribution in [0.15, 0.2) is 23.0 Å². The minimum atomic E-state index is -3.21. The van der Waals surface area contributed by atoms with E-state index in [9.17, 15) is 13.6 Å². The van der Waals surface area contributed by atoms with Gasteiger partial charge in [0, 0.05) is 12.5 Å². The van der Waals surface area contributed by atoms with Crippen molar-refractivity contribution in [2.24, 2.45) is 11.8 Å². The molecule has 0 bridgehead atoms. The summed E-state index contributed by atoms with van der Waals surface area (Å²) in [5.74, 6) is -1.23. The van der Waals surface area contributed by atoms with Crippen LogP contribution < -0.4 is 10.3 Å². The second kappa shape index (κ2) is 6.49. The monoisotopic (exact) mass is 336 g/mol. The summed E-state index contributed by atoms with van der Waals surface area (Å²) in [6.07, 6.45) is 3.04. The van der Waals surface area contributed by atoms with E-state index in [1.54, 1.807) is 18.2 Å². The number of unbranched alkanes of at least 4 members (excludes halogenated alkanes) is 1. The maximum absolute atomic E-state index is 14.4. The third-order valence-electron chi connectivity index (χ3n) is 4.84. The first kappa shape index (κ1) is 16.9. The molecule has 0 spiro atoms. The first-order valence-corrected chi connectivity index (χ1v) is 8.37. The van der Waals surface area contributed by atoms with Crippen molar-refractivity contribution in [2.75, 3.05) is 7.11 Å². The van der Waals surface area contributed by atoms with E-state index in [0.717, 1.165) is 18.8 Å². The minimum Gasteiger partial charge on any atom is -0.497 e. The van der Waals surface area contributed by atoms with E-state index in [1.807, 2.05) is 0 Å². The lowest BCUT2D eigenvalue weighted by atomic mass is 10.0. The minimum absolute atomic E-state index is 0.330. The summed E-state index contributed by atoms with van der Waals surface area (Å²) in [6, 6.07) is 4.77. The predicted molar refractivity (Wildman–Crippen MR) is 88.5 cm³/mol. The van der Waals surface area contributed by atoms with E-state index in [1.165, 1.54) is 13.5 Å². The smallest absolute Gasteiger partial charge is 0.295 e. The number of nitrogens with zero attached hydrogens (tertiary/aromatic N) is 1. The Hall–Kier alpha value is -1.98. The summed E-state index contributed by atoms with van der Waals surface area (Å²) < 4.78 is 33.9. The lowest BCUT2D eigenvalue weighted by molar-refractivity contribution is -0.0214. The molecule has 1 aliphatic carbocycles. The third kappa shape index (κ3) is 3.57. The van der Waals surface area contributed by atoms with Crippen LogP contribution >= 0.6 is 0 Å². The highest BCUT2D eigenvalue weighted by Crippen LogP contribution is 2.42. The number of hydrogen-bond donors (Lipinski definition) is 1. The van der Waals surface area contributed by atoms with Crippen LogP contribution in [0.4, 0.5) is 8.78 Å². The fourth-order valence-electron chi connectivity index (χ4n) is 3.11. The van der Waals surface area contributed by atoms with E-state index in [0.29, 0.717) is 29.1 Å². The Morgan fingerprint density at radius 1 is 1.38 bits per heavy atom. The standard InChI is InChI=1S/C18H22F2N2O2/c1-11-9-12(11)5-3-4-8-18(19,20)16-17(23)22-15-10-13(24-2)6-7-14(15)21-16/h6-7,10-12H,3-5,8-9H2,1-2H3,(H,22,23). The van der Waals surface area contributed by atoms with Gasteiger partial charge in [0.15, 0.2) is 5.69 Å². The number of halogens is 2. The Bertz CT molecular complexity index is 788. The summed E-state index contributed by atoms with van der Waals surface area (Å²) in [4.78, 5) is 18.4. The van der Waals surface area contributed by atoms with Crippen molar-refractivity contribution in [3.05, 3.63) is 34.2 Å². The number of nitrogens with one attached hydrogen (secondary N) is 1. The van der Waals surface area contributed by atoms with Crippen LogP contribution in [0.5, 0.6) is 5.75 Å². The fourth-order valence-corrected chi connectivity index (χ4v) is 3.11. The maximum Gasteiger partial charge on any atom is 0.295 e. The van der Waals surface area contributed by atoms with Crippen LogP contribution in [0.25, 0.3) is 11.0 Å². The molecule has 1 aliphatic rings. The van der Waals surface area contributed by atoms with Crippen LogP contribution in [0, 0.1) is 11.8 Å². The first-order chi connectivity index (χ1) is 11.4. The van der Waals surface area contributed by atoms with Crippen LogP contribution in [0.2, 0.25) is 0 Å². The molecule has 130 valence electrons. The second-order valence-corrected chi connectivity index (χ2v) is 6.72. The zero-order chi connectivity index (χ0) is 17.3. The zero-order valence-corrected chi connectivity index (χ0v) is 13.9. The molecule has 2 atom stereocenters. The van der Waals surface area contributed by atoms with Crippen molar-refractivity contribution < 1.29 is 13.5 Å². The average Bonchev–Trinajstić information content (AvgIpc) is 3.25. The fraction of sp³-hybridized carbons (Fsp3) is 0.556. The van der Waals surface area contributed by atoms with Gasteiger partial charge in [0.2, 0.25) is 0 Å². The van der Waals surface area contributed by atoms with E-state index in [-0.39, 0.29) is 6.42 Å². The van der Waals surface area contributed by atoms with Crippen molar-refractivity contribution in [3.63, 3.8) is 0 Å². The van der Waals surface area contributed by atoms with Gasteiger partial charge in [-0.05, 0) is 36.8 Å². The zero-order valence-electron chi connectivity index (χ0n) is 13.9. The summed E-state index contributed by atoms with van der Waals surface area (Å²) in [6.45, 7) is 2.19. The van der Waals surface area contributed by atoms with Crippen molar-refractivity contribution in [1.82, 2.24) is 9.97 Å². The largest absolute Gasteiger partial charge is 0.497 e. The summed E-state index contributed by atoms with van der Waals surface area (Å²) >= 11 is 0. The molecule has 3 rings (SSSR count). The SMILES string of the molecule is COc1ccc2nc(C(F)(F)CCCCC3CC3C)c(=O)[nH]c2c1. The third-order valence-corrected chi connectivity index (χ3v) is 4.84. The summed E-state index contributed by atoms with van der Waals surface area (Å²) in [7, 11) is 1.50. The number of aromatic nitrogens is 2. The summed E-state index contributed by atoms with van der Waals surface area (Å²) in [5, 5.41) is 0.